The van der Waals surface area contributed by atoms with Gasteiger partial charge in [0.2, 0.25) is 5.91 Å². The highest BCUT2D eigenvalue weighted by atomic mass is 32.1. The Balaban J connectivity index is 1.62. The standard InChI is InChI=1S/C11H14N2OS/c14-10(8-2-1-3-8)13-11-12-6-9(15-11)7-4-5-7/h6-8H,1-5H2,(H,12,13,14). The van der Waals surface area contributed by atoms with Crippen LogP contribution in [0.1, 0.15) is 42.9 Å². The molecule has 0 spiro atoms. The molecular weight excluding hydrogens is 208 g/mol. The van der Waals surface area contributed by atoms with Gasteiger partial charge < -0.3 is 5.32 Å². The molecule has 15 heavy (non-hydrogen) atoms. The molecule has 0 aromatic carbocycles. The summed E-state index contributed by atoms with van der Waals surface area (Å²) in [6.45, 7) is 0. The van der Waals surface area contributed by atoms with Gasteiger partial charge in [0, 0.05) is 17.0 Å². The lowest BCUT2D eigenvalue weighted by Gasteiger charge is -2.23. The SMILES string of the molecule is O=C(Nc1ncc(C2CC2)s1)C1CCC1. The molecule has 80 valence electrons. The van der Waals surface area contributed by atoms with E-state index in [1.165, 1.54) is 24.1 Å². The van der Waals surface area contributed by atoms with Crippen molar-refractivity contribution in [3.8, 4) is 0 Å². The van der Waals surface area contributed by atoms with Gasteiger partial charge in [-0.1, -0.05) is 6.42 Å². The molecule has 1 aromatic heterocycles. The van der Waals surface area contributed by atoms with E-state index in [0.29, 0.717) is 0 Å². The molecule has 1 heterocycles. The molecule has 2 aliphatic carbocycles. The predicted octanol–water partition coefficient (Wildman–Crippen LogP) is 2.76. The monoisotopic (exact) mass is 222 g/mol. The van der Waals surface area contributed by atoms with Crippen LogP contribution in [-0.4, -0.2) is 10.9 Å². The Morgan fingerprint density at radius 2 is 2.20 bits per heavy atom. The normalized spacial score (nSPS) is 21.1. The molecule has 0 saturated heterocycles. The Kier molecular flexibility index (Phi) is 2.24. The van der Waals surface area contributed by atoms with Crippen molar-refractivity contribution in [2.75, 3.05) is 5.32 Å². The van der Waals surface area contributed by atoms with E-state index in [0.717, 1.165) is 23.9 Å². The van der Waals surface area contributed by atoms with Crippen LogP contribution >= 0.6 is 11.3 Å². The number of aromatic nitrogens is 1. The number of amides is 1. The van der Waals surface area contributed by atoms with Gasteiger partial charge in [-0.3, -0.25) is 4.79 Å². The van der Waals surface area contributed by atoms with E-state index in [4.69, 9.17) is 0 Å². The number of rotatable bonds is 3. The van der Waals surface area contributed by atoms with E-state index in [-0.39, 0.29) is 11.8 Å². The summed E-state index contributed by atoms with van der Waals surface area (Å²) in [6.07, 6.45) is 7.79. The number of hydrogen-bond donors (Lipinski definition) is 1. The smallest absolute Gasteiger partial charge is 0.229 e. The number of carbonyl (C=O) groups is 1. The molecule has 0 unspecified atom stereocenters. The molecule has 0 atom stereocenters. The molecule has 1 amide bonds. The molecule has 1 aromatic rings. The van der Waals surface area contributed by atoms with Crippen LogP contribution in [0.3, 0.4) is 0 Å². The van der Waals surface area contributed by atoms with Gasteiger partial charge in [0.25, 0.3) is 0 Å². The summed E-state index contributed by atoms with van der Waals surface area (Å²) in [4.78, 5) is 17.2. The average molecular weight is 222 g/mol. The van der Waals surface area contributed by atoms with E-state index >= 15 is 0 Å². The maximum absolute atomic E-state index is 11.6. The molecule has 3 rings (SSSR count). The zero-order chi connectivity index (χ0) is 10.3. The molecule has 0 radical (unpaired) electrons. The van der Waals surface area contributed by atoms with Crippen LogP contribution in [0.2, 0.25) is 0 Å². The summed E-state index contributed by atoms with van der Waals surface area (Å²) >= 11 is 1.64. The number of anilines is 1. The highest BCUT2D eigenvalue weighted by molar-refractivity contribution is 7.15. The number of nitrogens with zero attached hydrogens (tertiary/aromatic N) is 1. The maximum Gasteiger partial charge on any atom is 0.229 e. The van der Waals surface area contributed by atoms with Crippen molar-refractivity contribution in [1.82, 2.24) is 4.98 Å². The molecule has 1 N–H and O–H groups in total. The van der Waals surface area contributed by atoms with Crippen molar-refractivity contribution in [2.24, 2.45) is 5.92 Å². The Bertz CT molecular complexity index is 380. The van der Waals surface area contributed by atoms with Gasteiger partial charge in [0.05, 0.1) is 0 Å². The summed E-state index contributed by atoms with van der Waals surface area (Å²) in [5.41, 5.74) is 0. The van der Waals surface area contributed by atoms with Crippen LogP contribution in [0.25, 0.3) is 0 Å². The van der Waals surface area contributed by atoms with Gasteiger partial charge in [-0.2, -0.15) is 0 Å². The van der Waals surface area contributed by atoms with Gasteiger partial charge in [-0.25, -0.2) is 4.98 Å². The van der Waals surface area contributed by atoms with E-state index in [9.17, 15) is 4.79 Å². The van der Waals surface area contributed by atoms with Crippen molar-refractivity contribution in [2.45, 2.75) is 38.0 Å². The summed E-state index contributed by atoms with van der Waals surface area (Å²) in [5.74, 6) is 1.15. The number of thiazole rings is 1. The molecule has 0 bridgehead atoms. The van der Waals surface area contributed by atoms with Gasteiger partial charge in [0.1, 0.15) is 0 Å². The van der Waals surface area contributed by atoms with Crippen molar-refractivity contribution in [1.29, 1.82) is 0 Å². The molecular formula is C11H14N2OS. The van der Waals surface area contributed by atoms with Crippen LogP contribution in [0, 0.1) is 5.92 Å². The quantitative estimate of drug-likeness (QED) is 0.854. The summed E-state index contributed by atoms with van der Waals surface area (Å²) in [6, 6.07) is 0. The Hall–Kier alpha value is -0.900. The second-order valence-electron chi connectivity index (χ2n) is 4.46. The molecule has 2 aliphatic rings. The lowest BCUT2D eigenvalue weighted by Crippen LogP contribution is -2.27. The fourth-order valence-electron chi connectivity index (χ4n) is 1.78. The molecule has 3 nitrogen and oxygen atoms in total. The van der Waals surface area contributed by atoms with Crippen LogP contribution in [-0.2, 0) is 4.79 Å². The first-order chi connectivity index (χ1) is 7.33. The van der Waals surface area contributed by atoms with Gasteiger partial charge in [-0.15, -0.1) is 11.3 Å². The largest absolute Gasteiger partial charge is 0.302 e. The summed E-state index contributed by atoms with van der Waals surface area (Å²) in [7, 11) is 0. The highest BCUT2D eigenvalue weighted by Crippen LogP contribution is 2.43. The summed E-state index contributed by atoms with van der Waals surface area (Å²) < 4.78 is 0. The van der Waals surface area contributed by atoms with E-state index < -0.39 is 0 Å². The number of carbonyl (C=O) groups excluding carboxylic acids is 1. The maximum atomic E-state index is 11.6. The van der Waals surface area contributed by atoms with E-state index in [2.05, 4.69) is 10.3 Å². The van der Waals surface area contributed by atoms with Crippen molar-refractivity contribution < 1.29 is 4.79 Å². The minimum absolute atomic E-state index is 0.165. The third-order valence-electron chi connectivity index (χ3n) is 3.21. The highest BCUT2D eigenvalue weighted by Gasteiger charge is 2.28. The van der Waals surface area contributed by atoms with Crippen molar-refractivity contribution >= 4 is 22.4 Å². The van der Waals surface area contributed by atoms with Gasteiger partial charge >= 0.3 is 0 Å². The molecule has 2 fully saturated rings. The van der Waals surface area contributed by atoms with Crippen LogP contribution in [0.4, 0.5) is 5.13 Å². The Morgan fingerprint density at radius 3 is 2.80 bits per heavy atom. The van der Waals surface area contributed by atoms with Crippen molar-refractivity contribution in [3.05, 3.63) is 11.1 Å². The minimum atomic E-state index is 0.165. The topological polar surface area (TPSA) is 42.0 Å². The molecule has 4 heteroatoms. The summed E-state index contributed by atoms with van der Waals surface area (Å²) in [5, 5.41) is 3.70. The lowest BCUT2D eigenvalue weighted by atomic mass is 9.85. The molecule has 2 saturated carbocycles. The first-order valence-electron chi connectivity index (χ1n) is 5.59. The van der Waals surface area contributed by atoms with Crippen LogP contribution in [0.5, 0.6) is 0 Å². The fourth-order valence-corrected chi connectivity index (χ4v) is 2.77. The van der Waals surface area contributed by atoms with E-state index in [1.807, 2.05) is 6.20 Å². The van der Waals surface area contributed by atoms with Crippen molar-refractivity contribution in [3.63, 3.8) is 0 Å². The second-order valence-corrected chi connectivity index (χ2v) is 5.52. The minimum Gasteiger partial charge on any atom is -0.302 e. The van der Waals surface area contributed by atoms with Gasteiger partial charge in [-0.05, 0) is 31.6 Å². The predicted molar refractivity (Wildman–Crippen MR) is 60.1 cm³/mol. The first kappa shape index (κ1) is 9.33. The molecule has 0 aliphatic heterocycles. The Morgan fingerprint density at radius 1 is 1.40 bits per heavy atom. The van der Waals surface area contributed by atoms with Gasteiger partial charge in [0.15, 0.2) is 5.13 Å². The zero-order valence-corrected chi connectivity index (χ0v) is 9.35. The first-order valence-corrected chi connectivity index (χ1v) is 6.41. The third-order valence-corrected chi connectivity index (χ3v) is 4.28. The second kappa shape index (κ2) is 3.59. The lowest BCUT2D eigenvalue weighted by molar-refractivity contribution is -0.122. The van der Waals surface area contributed by atoms with Crippen LogP contribution in [0.15, 0.2) is 6.20 Å². The fraction of sp³-hybridized carbons (Fsp3) is 0.636. The third kappa shape index (κ3) is 1.91. The Labute approximate surface area is 92.9 Å². The number of nitrogens with one attached hydrogen (secondary N) is 1. The zero-order valence-electron chi connectivity index (χ0n) is 8.53. The van der Waals surface area contributed by atoms with E-state index in [1.54, 1.807) is 11.3 Å². The average Bonchev–Trinajstić information content (AvgIpc) is 2.86. The number of hydrogen-bond acceptors (Lipinski definition) is 3. The van der Waals surface area contributed by atoms with Crippen LogP contribution < -0.4 is 5.32 Å².